The van der Waals surface area contributed by atoms with Gasteiger partial charge in [0.2, 0.25) is 17.7 Å². The van der Waals surface area contributed by atoms with Gasteiger partial charge in [0.25, 0.3) is 0 Å². The van der Waals surface area contributed by atoms with Gasteiger partial charge in [-0.1, -0.05) is 13.8 Å². The number of hydrogen-bond acceptors (Lipinski definition) is 7. The standard InChI is InChI=1S/C18H33N5O7/c1-10(2)7-13(17(28)23-12(18(29)30)5-3-4-6-19)22-14(24)9-21-16(27)11(20)8-15(25)26/h10-13H,3-9,19-20H2,1-2H3,(H,21,27)(H,22,24)(H,23,28)(H,25,26)(H,29,30). The van der Waals surface area contributed by atoms with Gasteiger partial charge < -0.3 is 37.6 Å². The van der Waals surface area contributed by atoms with Gasteiger partial charge in [-0.3, -0.25) is 19.2 Å². The highest BCUT2D eigenvalue weighted by Crippen LogP contribution is 2.07. The van der Waals surface area contributed by atoms with Gasteiger partial charge in [0.15, 0.2) is 0 Å². The summed E-state index contributed by atoms with van der Waals surface area (Å²) >= 11 is 0. The Kier molecular flexibility index (Phi) is 13.0. The average molecular weight is 431 g/mol. The highest BCUT2D eigenvalue weighted by Gasteiger charge is 2.27. The minimum atomic E-state index is -1.31. The predicted molar refractivity (Wildman–Crippen MR) is 107 cm³/mol. The van der Waals surface area contributed by atoms with Crippen molar-refractivity contribution < 1.29 is 34.2 Å². The summed E-state index contributed by atoms with van der Waals surface area (Å²) in [7, 11) is 0. The third-order valence-electron chi connectivity index (χ3n) is 4.07. The molecule has 0 bridgehead atoms. The third-order valence-corrected chi connectivity index (χ3v) is 4.07. The van der Waals surface area contributed by atoms with Crippen LogP contribution in [-0.4, -0.2) is 71.1 Å². The largest absolute Gasteiger partial charge is 0.481 e. The topological polar surface area (TPSA) is 214 Å². The van der Waals surface area contributed by atoms with E-state index in [1.165, 1.54) is 0 Å². The number of rotatable bonds is 15. The predicted octanol–water partition coefficient (Wildman–Crippen LogP) is -1.87. The normalized spacial score (nSPS) is 13.8. The number of nitrogens with one attached hydrogen (secondary N) is 3. The second kappa shape index (κ2) is 14.3. The summed E-state index contributed by atoms with van der Waals surface area (Å²) in [6, 6.07) is -3.42. The van der Waals surface area contributed by atoms with Gasteiger partial charge >= 0.3 is 11.9 Å². The van der Waals surface area contributed by atoms with E-state index in [-0.39, 0.29) is 18.8 Å². The Hall–Kier alpha value is -2.73. The molecule has 0 radical (unpaired) electrons. The van der Waals surface area contributed by atoms with Gasteiger partial charge in [-0.05, 0) is 38.1 Å². The minimum absolute atomic E-state index is 0.0140. The first-order valence-corrected chi connectivity index (χ1v) is 9.75. The zero-order valence-corrected chi connectivity index (χ0v) is 17.3. The van der Waals surface area contributed by atoms with Gasteiger partial charge in [-0.25, -0.2) is 4.79 Å². The Morgan fingerprint density at radius 3 is 2.07 bits per heavy atom. The van der Waals surface area contributed by atoms with Crippen molar-refractivity contribution in [3.05, 3.63) is 0 Å². The lowest BCUT2D eigenvalue weighted by atomic mass is 10.0. The molecule has 0 rings (SSSR count). The van der Waals surface area contributed by atoms with Crippen molar-refractivity contribution >= 4 is 29.7 Å². The highest BCUT2D eigenvalue weighted by atomic mass is 16.4. The molecular weight excluding hydrogens is 398 g/mol. The van der Waals surface area contributed by atoms with Crippen LogP contribution in [0, 0.1) is 5.92 Å². The quantitative estimate of drug-likeness (QED) is 0.144. The molecule has 0 aliphatic heterocycles. The molecule has 12 nitrogen and oxygen atoms in total. The third kappa shape index (κ3) is 12.0. The van der Waals surface area contributed by atoms with E-state index in [0.717, 1.165) is 0 Å². The smallest absolute Gasteiger partial charge is 0.326 e. The number of aliphatic carboxylic acids is 2. The van der Waals surface area contributed by atoms with Gasteiger partial charge in [0.1, 0.15) is 12.1 Å². The summed E-state index contributed by atoms with van der Waals surface area (Å²) in [5, 5.41) is 25.0. The molecule has 0 fully saturated rings. The lowest BCUT2D eigenvalue weighted by molar-refractivity contribution is -0.142. The number of carboxylic acids is 2. The van der Waals surface area contributed by atoms with E-state index >= 15 is 0 Å². The molecule has 12 heteroatoms. The molecule has 0 saturated heterocycles. The highest BCUT2D eigenvalue weighted by molar-refractivity contribution is 5.93. The number of hydrogen-bond donors (Lipinski definition) is 7. The average Bonchev–Trinajstić information content (AvgIpc) is 2.63. The molecule has 0 spiro atoms. The Morgan fingerprint density at radius 2 is 1.57 bits per heavy atom. The fourth-order valence-corrected chi connectivity index (χ4v) is 2.55. The Balaban J connectivity index is 4.86. The zero-order chi connectivity index (χ0) is 23.3. The summed E-state index contributed by atoms with van der Waals surface area (Å²) in [6.07, 6.45) is 1.01. The molecular formula is C18H33N5O7. The van der Waals surface area contributed by atoms with Crippen LogP contribution in [0.3, 0.4) is 0 Å². The number of carbonyl (C=O) groups excluding carboxylic acids is 3. The first-order valence-electron chi connectivity index (χ1n) is 9.75. The van der Waals surface area contributed by atoms with Gasteiger partial charge in [0, 0.05) is 0 Å². The van der Waals surface area contributed by atoms with Crippen molar-refractivity contribution in [2.45, 2.75) is 64.1 Å². The van der Waals surface area contributed by atoms with Crippen LogP contribution >= 0.6 is 0 Å². The number of amides is 3. The van der Waals surface area contributed by atoms with Crippen LogP contribution in [0.1, 0.15) is 46.0 Å². The Morgan fingerprint density at radius 1 is 0.933 bits per heavy atom. The van der Waals surface area contributed by atoms with Crippen LogP contribution in [-0.2, 0) is 24.0 Å². The lowest BCUT2D eigenvalue weighted by Gasteiger charge is -2.23. The first-order chi connectivity index (χ1) is 14.0. The van der Waals surface area contributed by atoms with Crippen molar-refractivity contribution in [2.24, 2.45) is 17.4 Å². The van der Waals surface area contributed by atoms with Crippen LogP contribution in [0.25, 0.3) is 0 Å². The molecule has 3 amide bonds. The van der Waals surface area contributed by atoms with Crippen LogP contribution in [0.4, 0.5) is 0 Å². The van der Waals surface area contributed by atoms with Crippen LogP contribution in [0.2, 0.25) is 0 Å². The maximum Gasteiger partial charge on any atom is 0.326 e. The molecule has 0 aliphatic carbocycles. The van der Waals surface area contributed by atoms with Gasteiger partial charge in [-0.15, -0.1) is 0 Å². The zero-order valence-electron chi connectivity index (χ0n) is 17.3. The Labute approximate surface area is 175 Å². The Bertz CT molecular complexity index is 612. The van der Waals surface area contributed by atoms with Crippen LogP contribution < -0.4 is 27.4 Å². The maximum absolute atomic E-state index is 12.5. The van der Waals surface area contributed by atoms with E-state index < -0.39 is 60.8 Å². The SMILES string of the molecule is CC(C)CC(NC(=O)CNC(=O)C(N)CC(=O)O)C(=O)NC(CCCCN)C(=O)O. The number of carbonyl (C=O) groups is 5. The molecule has 0 aromatic heterocycles. The van der Waals surface area contributed by atoms with Crippen molar-refractivity contribution in [1.82, 2.24) is 16.0 Å². The van der Waals surface area contributed by atoms with Crippen molar-refractivity contribution in [2.75, 3.05) is 13.1 Å². The molecule has 0 aromatic carbocycles. The number of nitrogens with two attached hydrogens (primary N) is 2. The van der Waals surface area contributed by atoms with E-state index in [0.29, 0.717) is 19.4 Å². The molecule has 9 N–H and O–H groups in total. The summed E-state index contributed by atoms with van der Waals surface area (Å²) in [4.78, 5) is 58.3. The lowest BCUT2D eigenvalue weighted by Crippen LogP contribution is -2.54. The van der Waals surface area contributed by atoms with Gasteiger partial charge in [0.05, 0.1) is 19.0 Å². The molecule has 3 unspecified atom stereocenters. The van der Waals surface area contributed by atoms with Crippen LogP contribution in [0.15, 0.2) is 0 Å². The fraction of sp³-hybridized carbons (Fsp3) is 0.722. The van der Waals surface area contributed by atoms with Crippen molar-refractivity contribution in [3.8, 4) is 0 Å². The van der Waals surface area contributed by atoms with Crippen LogP contribution in [0.5, 0.6) is 0 Å². The van der Waals surface area contributed by atoms with Gasteiger partial charge in [-0.2, -0.15) is 0 Å². The molecule has 30 heavy (non-hydrogen) atoms. The van der Waals surface area contributed by atoms with E-state index in [4.69, 9.17) is 16.6 Å². The minimum Gasteiger partial charge on any atom is -0.481 e. The van der Waals surface area contributed by atoms with E-state index in [9.17, 15) is 29.1 Å². The first kappa shape index (κ1) is 27.3. The summed E-state index contributed by atoms with van der Waals surface area (Å²) < 4.78 is 0. The molecule has 0 aromatic rings. The van der Waals surface area contributed by atoms with Crippen molar-refractivity contribution in [3.63, 3.8) is 0 Å². The summed E-state index contributed by atoms with van der Waals surface area (Å²) in [5.41, 5.74) is 10.8. The number of unbranched alkanes of at least 4 members (excludes halogenated alkanes) is 1. The molecule has 172 valence electrons. The monoisotopic (exact) mass is 431 g/mol. The van der Waals surface area contributed by atoms with Crippen molar-refractivity contribution in [1.29, 1.82) is 0 Å². The van der Waals surface area contributed by atoms with E-state index in [1.807, 2.05) is 13.8 Å². The molecule has 0 heterocycles. The second-order valence-electron chi connectivity index (χ2n) is 7.36. The molecule has 0 aliphatic rings. The maximum atomic E-state index is 12.5. The fourth-order valence-electron chi connectivity index (χ4n) is 2.55. The van der Waals surface area contributed by atoms with E-state index in [2.05, 4.69) is 16.0 Å². The number of carboxylic acid groups (broad SMARTS) is 2. The second-order valence-corrected chi connectivity index (χ2v) is 7.36. The summed E-state index contributed by atoms with van der Waals surface area (Å²) in [6.45, 7) is 3.56. The molecule has 0 saturated carbocycles. The van der Waals surface area contributed by atoms with E-state index in [1.54, 1.807) is 0 Å². The molecule has 3 atom stereocenters. The summed E-state index contributed by atoms with van der Waals surface area (Å²) in [5.74, 6) is -4.58.